The van der Waals surface area contributed by atoms with E-state index in [4.69, 9.17) is 0 Å². The molecule has 0 unspecified atom stereocenters. The zero-order valence-electron chi connectivity index (χ0n) is 14.8. The lowest BCUT2D eigenvalue weighted by molar-refractivity contribution is 0.515. The van der Waals surface area contributed by atoms with Gasteiger partial charge in [-0.2, -0.15) is 0 Å². The number of aryl methyl sites for hydroxylation is 1. The van der Waals surface area contributed by atoms with Crippen molar-refractivity contribution in [2.75, 3.05) is 18.0 Å². The van der Waals surface area contributed by atoms with E-state index in [1.54, 1.807) is 27.9 Å². The van der Waals surface area contributed by atoms with Gasteiger partial charge >= 0.3 is 0 Å². The highest BCUT2D eigenvalue weighted by Gasteiger charge is 2.34. The number of anilines is 1. The molecule has 3 rings (SSSR count). The molecule has 0 spiro atoms. The molecule has 21 heavy (non-hydrogen) atoms. The first kappa shape index (κ1) is 14.9. The molecule has 1 nitrogen and oxygen atoms in total. The first-order valence-corrected chi connectivity index (χ1v) is 8.64. The average molecular weight is 285 g/mol. The molecule has 0 fully saturated rings. The van der Waals surface area contributed by atoms with Crippen molar-refractivity contribution in [1.29, 1.82) is 0 Å². The van der Waals surface area contributed by atoms with Crippen LogP contribution in [-0.2, 0) is 23.7 Å². The Bertz CT molecular complexity index is 553. The quantitative estimate of drug-likeness (QED) is 0.650. The van der Waals surface area contributed by atoms with Crippen LogP contribution < -0.4 is 4.90 Å². The molecular formula is C20H31N. The van der Waals surface area contributed by atoms with E-state index in [0.717, 1.165) is 0 Å². The fraction of sp³-hybridized carbons (Fsp3) is 0.700. The highest BCUT2D eigenvalue weighted by molar-refractivity contribution is 5.68. The van der Waals surface area contributed by atoms with Gasteiger partial charge in [-0.1, -0.05) is 47.6 Å². The average Bonchev–Trinajstić information content (AvgIpc) is 2.36. The van der Waals surface area contributed by atoms with Crippen LogP contribution in [0.3, 0.4) is 0 Å². The van der Waals surface area contributed by atoms with Crippen molar-refractivity contribution < 1.29 is 0 Å². The van der Waals surface area contributed by atoms with Gasteiger partial charge < -0.3 is 4.90 Å². The summed E-state index contributed by atoms with van der Waals surface area (Å²) in [6.07, 6.45) is 5.19. The van der Waals surface area contributed by atoms with Gasteiger partial charge in [0.1, 0.15) is 0 Å². The molecule has 0 bridgehead atoms. The van der Waals surface area contributed by atoms with Crippen molar-refractivity contribution in [3.05, 3.63) is 28.3 Å². The molecule has 2 heterocycles. The molecule has 0 amide bonds. The Morgan fingerprint density at radius 1 is 0.857 bits per heavy atom. The van der Waals surface area contributed by atoms with Gasteiger partial charge in [0, 0.05) is 18.8 Å². The van der Waals surface area contributed by atoms with Gasteiger partial charge in [-0.05, 0) is 58.8 Å². The topological polar surface area (TPSA) is 3.24 Å². The van der Waals surface area contributed by atoms with Gasteiger partial charge in [0.15, 0.2) is 0 Å². The van der Waals surface area contributed by atoms with Gasteiger partial charge in [-0.15, -0.1) is 0 Å². The van der Waals surface area contributed by atoms with E-state index in [9.17, 15) is 0 Å². The molecule has 0 aromatic heterocycles. The van der Waals surface area contributed by atoms with Crippen molar-refractivity contribution in [3.8, 4) is 0 Å². The Morgan fingerprint density at radius 3 is 2.05 bits per heavy atom. The fourth-order valence-electron chi connectivity index (χ4n) is 4.31. The van der Waals surface area contributed by atoms with Crippen LogP contribution in [0, 0.1) is 0 Å². The second kappa shape index (κ2) is 4.76. The van der Waals surface area contributed by atoms with Gasteiger partial charge in [0.25, 0.3) is 0 Å². The molecule has 0 saturated carbocycles. The third-order valence-electron chi connectivity index (χ3n) is 5.08. The molecule has 0 radical (unpaired) electrons. The molecule has 1 aromatic rings. The first-order valence-electron chi connectivity index (χ1n) is 8.64. The third-order valence-corrected chi connectivity index (χ3v) is 5.08. The molecule has 1 heteroatoms. The molecule has 2 aliphatic rings. The predicted octanol–water partition coefficient (Wildman–Crippen LogP) is 4.98. The Hall–Kier alpha value is -0.980. The zero-order valence-corrected chi connectivity index (χ0v) is 14.8. The first-order chi connectivity index (χ1) is 9.69. The molecule has 0 saturated heterocycles. The van der Waals surface area contributed by atoms with Crippen LogP contribution >= 0.6 is 0 Å². The van der Waals surface area contributed by atoms with Crippen LogP contribution in [0.1, 0.15) is 76.6 Å². The Balaban J connectivity index is 2.33. The zero-order chi connectivity index (χ0) is 15.4. The van der Waals surface area contributed by atoms with Crippen molar-refractivity contribution in [2.24, 2.45) is 0 Å². The van der Waals surface area contributed by atoms with Crippen LogP contribution in [0.15, 0.2) is 6.07 Å². The maximum absolute atomic E-state index is 2.67. The standard InChI is InChI=1S/C20H31N/c1-19(2,3)16-13-14-9-7-11-21-12-8-10-15(18(14)21)17(16)20(4,5)6/h13H,7-12H2,1-6H3. The van der Waals surface area contributed by atoms with E-state index in [0.29, 0.717) is 0 Å². The minimum Gasteiger partial charge on any atom is -0.371 e. The van der Waals surface area contributed by atoms with Gasteiger partial charge in [-0.25, -0.2) is 0 Å². The lowest BCUT2D eigenvalue weighted by atomic mass is 9.70. The van der Waals surface area contributed by atoms with Crippen molar-refractivity contribution in [1.82, 2.24) is 0 Å². The maximum atomic E-state index is 2.67. The Labute approximate surface area is 130 Å². The second-order valence-corrected chi connectivity index (χ2v) is 8.98. The lowest BCUT2D eigenvalue weighted by Gasteiger charge is -2.42. The second-order valence-electron chi connectivity index (χ2n) is 8.98. The van der Waals surface area contributed by atoms with Crippen LogP contribution in [0.2, 0.25) is 0 Å². The number of rotatable bonds is 0. The number of benzene rings is 1. The smallest absolute Gasteiger partial charge is 0.0434 e. The highest BCUT2D eigenvalue weighted by atomic mass is 15.1. The fourth-order valence-corrected chi connectivity index (χ4v) is 4.31. The number of hydrogen-bond acceptors (Lipinski definition) is 1. The van der Waals surface area contributed by atoms with Crippen molar-refractivity contribution in [2.45, 2.75) is 78.1 Å². The summed E-state index contributed by atoms with van der Waals surface area (Å²) in [6, 6.07) is 2.55. The summed E-state index contributed by atoms with van der Waals surface area (Å²) >= 11 is 0. The van der Waals surface area contributed by atoms with E-state index >= 15 is 0 Å². The van der Waals surface area contributed by atoms with Gasteiger partial charge in [-0.3, -0.25) is 0 Å². The van der Waals surface area contributed by atoms with Crippen LogP contribution in [0.4, 0.5) is 5.69 Å². The molecule has 0 aliphatic carbocycles. The van der Waals surface area contributed by atoms with Crippen molar-refractivity contribution in [3.63, 3.8) is 0 Å². The summed E-state index contributed by atoms with van der Waals surface area (Å²) in [6.45, 7) is 16.8. The summed E-state index contributed by atoms with van der Waals surface area (Å²) in [5, 5.41) is 0. The van der Waals surface area contributed by atoms with Gasteiger partial charge in [0.2, 0.25) is 0 Å². The largest absolute Gasteiger partial charge is 0.371 e. The van der Waals surface area contributed by atoms with E-state index in [1.165, 1.54) is 38.8 Å². The molecule has 2 aliphatic heterocycles. The Kier molecular flexibility index (Phi) is 3.39. The highest BCUT2D eigenvalue weighted by Crippen LogP contribution is 2.45. The number of nitrogens with zero attached hydrogens (tertiary/aromatic N) is 1. The molecule has 1 aromatic carbocycles. The van der Waals surface area contributed by atoms with Crippen LogP contribution in [0.25, 0.3) is 0 Å². The van der Waals surface area contributed by atoms with E-state index < -0.39 is 0 Å². The molecule has 0 N–H and O–H groups in total. The van der Waals surface area contributed by atoms with Crippen molar-refractivity contribution >= 4 is 5.69 Å². The molecular weight excluding hydrogens is 254 g/mol. The summed E-state index contributed by atoms with van der Waals surface area (Å²) in [4.78, 5) is 2.67. The van der Waals surface area contributed by atoms with E-state index in [1.807, 2.05) is 0 Å². The maximum Gasteiger partial charge on any atom is 0.0434 e. The minimum absolute atomic E-state index is 0.230. The van der Waals surface area contributed by atoms with Gasteiger partial charge in [0.05, 0.1) is 0 Å². The summed E-state index contributed by atoms with van der Waals surface area (Å²) in [7, 11) is 0. The molecule has 116 valence electrons. The minimum atomic E-state index is 0.230. The lowest BCUT2D eigenvalue weighted by Crippen LogP contribution is -2.37. The van der Waals surface area contributed by atoms with E-state index in [2.05, 4.69) is 52.5 Å². The van der Waals surface area contributed by atoms with Crippen LogP contribution in [-0.4, -0.2) is 13.1 Å². The summed E-state index contributed by atoms with van der Waals surface area (Å²) in [5.41, 5.74) is 8.60. The Morgan fingerprint density at radius 2 is 1.48 bits per heavy atom. The monoisotopic (exact) mass is 285 g/mol. The van der Waals surface area contributed by atoms with E-state index in [-0.39, 0.29) is 10.8 Å². The third kappa shape index (κ3) is 2.49. The SMILES string of the molecule is CC(C)(C)c1cc2c3c(c1C(C)(C)C)CCCN3CCC2. The molecule has 0 atom stereocenters. The van der Waals surface area contributed by atoms with Crippen LogP contribution in [0.5, 0.6) is 0 Å². The predicted molar refractivity (Wildman–Crippen MR) is 92.7 cm³/mol. The summed E-state index contributed by atoms with van der Waals surface area (Å²) < 4.78 is 0. The summed E-state index contributed by atoms with van der Waals surface area (Å²) in [5.74, 6) is 0. The normalized spacial score (nSPS) is 18.7. The number of hydrogen-bond donors (Lipinski definition) is 0.